The highest BCUT2D eigenvalue weighted by Gasteiger charge is 2.29. The monoisotopic (exact) mass is 497 g/mol. The third-order valence-electron chi connectivity index (χ3n) is 5.26. The molecule has 0 spiro atoms. The van der Waals surface area contributed by atoms with Crippen molar-refractivity contribution in [2.24, 2.45) is 0 Å². The largest absolute Gasteiger partial charge is 0.353 e. The van der Waals surface area contributed by atoms with E-state index in [1.807, 2.05) is 6.07 Å². The molecule has 0 bridgehead atoms. The van der Waals surface area contributed by atoms with Crippen LogP contribution in [-0.4, -0.2) is 48.9 Å². The van der Waals surface area contributed by atoms with E-state index in [1.165, 1.54) is 0 Å². The fraction of sp³-hybridized carbons (Fsp3) is 0.227. The van der Waals surface area contributed by atoms with Crippen LogP contribution in [0.15, 0.2) is 42.7 Å². The zero-order valence-electron chi connectivity index (χ0n) is 17.9. The van der Waals surface area contributed by atoms with Crippen LogP contribution < -0.4 is 14.9 Å². The second kappa shape index (κ2) is 10.6. The summed E-state index contributed by atoms with van der Waals surface area (Å²) >= 11 is 6.11. The van der Waals surface area contributed by atoms with Crippen molar-refractivity contribution >= 4 is 40.0 Å². The van der Waals surface area contributed by atoms with Crippen molar-refractivity contribution < 1.29 is 13.2 Å². The van der Waals surface area contributed by atoms with E-state index in [2.05, 4.69) is 31.1 Å². The van der Waals surface area contributed by atoms with Gasteiger partial charge in [0.05, 0.1) is 23.4 Å². The zero-order valence-corrected chi connectivity index (χ0v) is 19.5. The van der Waals surface area contributed by atoms with Crippen molar-refractivity contribution in [3.8, 4) is 17.3 Å². The Morgan fingerprint density at radius 1 is 1.21 bits per heavy atom. The van der Waals surface area contributed by atoms with Crippen molar-refractivity contribution in [1.29, 1.82) is 5.26 Å². The summed E-state index contributed by atoms with van der Waals surface area (Å²) in [6, 6.07) is 11.1. The molecule has 3 heterocycles. The van der Waals surface area contributed by atoms with Gasteiger partial charge in [0.1, 0.15) is 11.2 Å². The Labute approximate surface area is 202 Å². The first-order valence-electron chi connectivity index (χ1n) is 10.4. The van der Waals surface area contributed by atoms with Gasteiger partial charge in [-0.3, -0.25) is 4.79 Å². The molecule has 0 atom stereocenters. The molecule has 10 nitrogen and oxygen atoms in total. The van der Waals surface area contributed by atoms with Gasteiger partial charge in [0.2, 0.25) is 22.7 Å². The summed E-state index contributed by atoms with van der Waals surface area (Å²) in [5, 5.41) is 13.1. The summed E-state index contributed by atoms with van der Waals surface area (Å²) in [5.41, 5.74) is 3.85. The van der Waals surface area contributed by atoms with E-state index < -0.39 is 10.9 Å². The Hall–Kier alpha value is -3.59. The summed E-state index contributed by atoms with van der Waals surface area (Å²) in [6.45, 7) is 0.992. The third kappa shape index (κ3) is 5.31. The normalized spacial score (nSPS) is 12.4. The lowest BCUT2D eigenvalue weighted by Crippen LogP contribution is -2.31. The molecule has 0 saturated carbocycles. The van der Waals surface area contributed by atoms with Gasteiger partial charge in [0.25, 0.3) is 0 Å². The van der Waals surface area contributed by atoms with E-state index in [4.69, 9.17) is 11.6 Å². The summed E-state index contributed by atoms with van der Waals surface area (Å²) in [5.74, 6) is 0.185. The molecule has 1 aliphatic rings. The highest BCUT2D eigenvalue weighted by atomic mass is 35.5. The van der Waals surface area contributed by atoms with Crippen molar-refractivity contribution in [3.63, 3.8) is 0 Å². The summed E-state index contributed by atoms with van der Waals surface area (Å²) in [4.78, 5) is 27.3. The van der Waals surface area contributed by atoms with Crippen molar-refractivity contribution in [1.82, 2.24) is 19.7 Å². The van der Waals surface area contributed by atoms with Crippen molar-refractivity contribution in [2.75, 3.05) is 29.9 Å². The standard InChI is InChI=1S/C22H20ClN7O3S/c23-21-15(2-1-5-25-21)12-19(31)30-9-4-14-10-16(11-17(13-24)20(14)30)18-3-6-26-22(29-18)27-7-8-28-34(32)33/h1-3,5-6,10-11,34H,4,7-9,12H2,(H,26,27,29)(H,28,32,33). The quantitative estimate of drug-likeness (QED) is 0.243. The number of carbonyl (C=O) groups is 1. The molecule has 2 N–H and O–H groups in total. The van der Waals surface area contributed by atoms with Gasteiger partial charge in [-0.1, -0.05) is 17.7 Å². The topological polar surface area (TPSA) is 141 Å². The predicted molar refractivity (Wildman–Crippen MR) is 128 cm³/mol. The molecular weight excluding hydrogens is 478 g/mol. The molecule has 12 heteroatoms. The number of nitriles is 1. The number of carbonyl (C=O) groups excluding carboxylic acids is 1. The molecule has 1 amide bonds. The van der Waals surface area contributed by atoms with Crippen LogP contribution in [0, 0.1) is 11.3 Å². The Kier molecular flexibility index (Phi) is 7.32. The minimum atomic E-state index is -2.66. The average molecular weight is 498 g/mol. The van der Waals surface area contributed by atoms with Crippen molar-refractivity contribution in [2.45, 2.75) is 12.8 Å². The molecule has 34 heavy (non-hydrogen) atoms. The number of rotatable bonds is 8. The average Bonchev–Trinajstić information content (AvgIpc) is 3.27. The molecule has 2 aromatic heterocycles. The third-order valence-corrected chi connectivity index (χ3v) is 6.09. The number of fused-ring (bicyclic) bond motifs is 1. The number of hydrogen-bond donors (Lipinski definition) is 3. The molecule has 0 aliphatic carbocycles. The van der Waals surface area contributed by atoms with Gasteiger partial charge in [0.15, 0.2) is 0 Å². The Balaban J connectivity index is 1.56. The number of nitrogens with zero attached hydrogens (tertiary/aromatic N) is 5. The Morgan fingerprint density at radius 2 is 2.06 bits per heavy atom. The Morgan fingerprint density at radius 3 is 2.82 bits per heavy atom. The van der Waals surface area contributed by atoms with Crippen LogP contribution in [0.25, 0.3) is 11.3 Å². The van der Waals surface area contributed by atoms with Crippen LogP contribution in [0.2, 0.25) is 5.15 Å². The fourth-order valence-corrected chi connectivity index (χ4v) is 4.25. The molecule has 1 aliphatic heterocycles. The molecule has 0 unspecified atom stereocenters. The van der Waals surface area contributed by atoms with Crippen LogP contribution in [-0.2, 0) is 28.5 Å². The molecule has 0 radical (unpaired) electrons. The number of thiol groups is 1. The highest BCUT2D eigenvalue weighted by molar-refractivity contribution is 7.70. The summed E-state index contributed by atoms with van der Waals surface area (Å²) < 4.78 is 23.5. The van der Waals surface area contributed by atoms with Gasteiger partial charge in [-0.15, -0.1) is 0 Å². The Bertz CT molecular complexity index is 1350. The van der Waals surface area contributed by atoms with Gasteiger partial charge >= 0.3 is 0 Å². The van der Waals surface area contributed by atoms with E-state index in [1.54, 1.807) is 41.6 Å². The lowest BCUT2D eigenvalue weighted by atomic mass is 10.0. The molecule has 0 fully saturated rings. The number of anilines is 2. The van der Waals surface area contributed by atoms with E-state index in [-0.39, 0.29) is 24.0 Å². The first-order chi connectivity index (χ1) is 16.5. The molecule has 174 valence electrons. The maximum absolute atomic E-state index is 13.0. The SMILES string of the molecule is N#Cc1cc(-c2ccnc(NCCN[SH](=O)=O)n2)cc2c1N(C(=O)Cc1cccnc1Cl)CC2. The van der Waals surface area contributed by atoms with Crippen LogP contribution >= 0.6 is 11.6 Å². The van der Waals surface area contributed by atoms with E-state index in [9.17, 15) is 18.5 Å². The number of halogens is 1. The smallest absolute Gasteiger partial charge is 0.231 e. The summed E-state index contributed by atoms with van der Waals surface area (Å²) in [6.07, 6.45) is 3.85. The highest BCUT2D eigenvalue weighted by Crippen LogP contribution is 2.36. The molecule has 3 aromatic rings. The lowest BCUT2D eigenvalue weighted by Gasteiger charge is -2.19. The zero-order chi connectivity index (χ0) is 24.1. The maximum atomic E-state index is 13.0. The van der Waals surface area contributed by atoms with E-state index in [0.717, 1.165) is 11.1 Å². The molecule has 4 rings (SSSR count). The van der Waals surface area contributed by atoms with Gasteiger partial charge in [0, 0.05) is 37.6 Å². The van der Waals surface area contributed by atoms with Crippen LogP contribution in [0.3, 0.4) is 0 Å². The van der Waals surface area contributed by atoms with Gasteiger partial charge in [-0.05, 0) is 41.8 Å². The van der Waals surface area contributed by atoms with Crippen LogP contribution in [0.4, 0.5) is 11.6 Å². The predicted octanol–water partition coefficient (Wildman–Crippen LogP) is 1.72. The van der Waals surface area contributed by atoms with Crippen molar-refractivity contribution in [3.05, 3.63) is 64.6 Å². The summed E-state index contributed by atoms with van der Waals surface area (Å²) in [7, 11) is -2.66. The maximum Gasteiger partial charge on any atom is 0.231 e. The lowest BCUT2D eigenvalue weighted by molar-refractivity contribution is -0.117. The number of nitrogens with one attached hydrogen (secondary N) is 2. The van der Waals surface area contributed by atoms with Gasteiger partial charge < -0.3 is 10.2 Å². The number of amides is 1. The first-order valence-corrected chi connectivity index (χ1v) is 11.9. The number of aromatic nitrogens is 3. The number of pyridine rings is 1. The number of benzene rings is 1. The number of hydrogen-bond acceptors (Lipinski definition) is 8. The van der Waals surface area contributed by atoms with E-state index >= 15 is 0 Å². The minimum absolute atomic E-state index is 0.0924. The molecule has 1 aromatic carbocycles. The van der Waals surface area contributed by atoms with Crippen LogP contribution in [0.1, 0.15) is 16.7 Å². The fourth-order valence-electron chi connectivity index (χ4n) is 3.77. The second-order valence-corrected chi connectivity index (χ2v) is 8.61. The van der Waals surface area contributed by atoms with E-state index in [0.29, 0.717) is 48.0 Å². The second-order valence-electron chi connectivity index (χ2n) is 7.43. The van der Waals surface area contributed by atoms with Gasteiger partial charge in [-0.2, -0.15) is 5.26 Å². The minimum Gasteiger partial charge on any atom is -0.353 e. The molecular formula is C22H20ClN7O3S. The molecule has 0 saturated heterocycles. The first kappa shape index (κ1) is 23.6. The van der Waals surface area contributed by atoms with Gasteiger partial charge in [-0.25, -0.2) is 28.1 Å². The van der Waals surface area contributed by atoms with Crippen LogP contribution in [0.5, 0.6) is 0 Å².